The largest absolute Gasteiger partial charge is 0.416 e. The highest BCUT2D eigenvalue weighted by Crippen LogP contribution is 2.30. The summed E-state index contributed by atoms with van der Waals surface area (Å²) in [5, 5.41) is 0. The van der Waals surface area contributed by atoms with Crippen LogP contribution in [0.25, 0.3) is 0 Å². The molecule has 1 saturated heterocycles. The van der Waals surface area contributed by atoms with Gasteiger partial charge in [-0.1, -0.05) is 12.1 Å². The summed E-state index contributed by atoms with van der Waals surface area (Å²) in [6.07, 6.45) is 1.77. The summed E-state index contributed by atoms with van der Waals surface area (Å²) in [4.78, 5) is 6.81. The summed E-state index contributed by atoms with van der Waals surface area (Å²) in [5.74, 6) is 1.51. The van der Waals surface area contributed by atoms with Crippen LogP contribution in [-0.2, 0) is 19.3 Å². The number of nitrogens with zero attached hydrogens (tertiary/aromatic N) is 3. The number of hydrogen-bond acceptors (Lipinski definition) is 2. The Morgan fingerprint density at radius 1 is 1.21 bits per heavy atom. The van der Waals surface area contributed by atoms with Crippen LogP contribution in [0.4, 0.5) is 13.2 Å². The van der Waals surface area contributed by atoms with Gasteiger partial charge in [0.05, 0.1) is 5.56 Å². The van der Waals surface area contributed by atoms with Crippen LogP contribution in [0.1, 0.15) is 42.6 Å². The van der Waals surface area contributed by atoms with Crippen molar-refractivity contribution in [2.45, 2.75) is 44.9 Å². The number of hydrogen-bond donors (Lipinski definition) is 0. The monoisotopic (exact) mass is 337 g/mol. The third-order valence-electron chi connectivity index (χ3n) is 4.65. The van der Waals surface area contributed by atoms with Crippen LogP contribution in [0.15, 0.2) is 36.7 Å². The van der Waals surface area contributed by atoms with Crippen LogP contribution >= 0.6 is 0 Å². The van der Waals surface area contributed by atoms with Gasteiger partial charge in [-0.2, -0.15) is 13.2 Å². The predicted molar refractivity (Wildman–Crippen MR) is 86.6 cm³/mol. The average molecular weight is 337 g/mol. The number of benzene rings is 1. The lowest BCUT2D eigenvalue weighted by Gasteiger charge is -2.32. The molecular weight excluding hydrogens is 315 g/mol. The Morgan fingerprint density at radius 2 is 1.96 bits per heavy atom. The maximum absolute atomic E-state index is 12.6. The molecule has 1 aliphatic heterocycles. The van der Waals surface area contributed by atoms with Gasteiger partial charge in [0.15, 0.2) is 0 Å². The number of halogens is 3. The maximum Gasteiger partial charge on any atom is 0.416 e. The van der Waals surface area contributed by atoms with E-state index in [0.717, 1.165) is 43.9 Å². The van der Waals surface area contributed by atoms with Crippen molar-refractivity contribution < 1.29 is 13.2 Å². The fourth-order valence-electron chi connectivity index (χ4n) is 3.42. The third kappa shape index (κ3) is 3.80. The second-order valence-corrected chi connectivity index (χ2v) is 6.34. The molecule has 24 heavy (non-hydrogen) atoms. The summed E-state index contributed by atoms with van der Waals surface area (Å²) < 4.78 is 40.1. The molecule has 0 bridgehead atoms. The number of likely N-dealkylation sites (tertiary alicyclic amines) is 1. The van der Waals surface area contributed by atoms with E-state index in [1.807, 2.05) is 12.4 Å². The van der Waals surface area contributed by atoms with Crippen molar-refractivity contribution in [1.82, 2.24) is 14.5 Å². The summed E-state index contributed by atoms with van der Waals surface area (Å²) in [5.41, 5.74) is 0.329. The first-order chi connectivity index (χ1) is 11.5. The topological polar surface area (TPSA) is 21.1 Å². The molecule has 3 rings (SSSR count). The molecule has 1 aromatic carbocycles. The molecular formula is C18H22F3N3. The Morgan fingerprint density at radius 3 is 2.62 bits per heavy atom. The molecule has 6 heteroatoms. The van der Waals surface area contributed by atoms with Gasteiger partial charge in [0.25, 0.3) is 0 Å². The Hall–Kier alpha value is -1.82. The lowest BCUT2D eigenvalue weighted by molar-refractivity contribution is -0.137. The van der Waals surface area contributed by atoms with Gasteiger partial charge in [-0.15, -0.1) is 0 Å². The van der Waals surface area contributed by atoms with Crippen molar-refractivity contribution in [3.8, 4) is 0 Å². The van der Waals surface area contributed by atoms with Crippen molar-refractivity contribution in [2.75, 3.05) is 13.1 Å². The molecule has 0 aliphatic carbocycles. The van der Waals surface area contributed by atoms with E-state index in [4.69, 9.17) is 0 Å². The zero-order valence-electron chi connectivity index (χ0n) is 13.8. The van der Waals surface area contributed by atoms with Gasteiger partial charge in [0, 0.05) is 37.9 Å². The zero-order chi connectivity index (χ0) is 17.2. The van der Waals surface area contributed by atoms with Gasteiger partial charge in [-0.3, -0.25) is 4.90 Å². The molecule has 1 atom stereocenters. The Labute approximate surface area is 140 Å². The van der Waals surface area contributed by atoms with Crippen molar-refractivity contribution in [3.63, 3.8) is 0 Å². The van der Waals surface area contributed by atoms with E-state index in [-0.39, 0.29) is 0 Å². The molecule has 1 fully saturated rings. The van der Waals surface area contributed by atoms with Crippen LogP contribution in [-0.4, -0.2) is 27.5 Å². The Bertz CT molecular complexity index is 661. The quantitative estimate of drug-likeness (QED) is 0.829. The minimum absolute atomic E-state index is 0.392. The van der Waals surface area contributed by atoms with E-state index >= 15 is 0 Å². The molecule has 130 valence electrons. The van der Waals surface area contributed by atoms with E-state index in [9.17, 15) is 13.2 Å². The van der Waals surface area contributed by atoms with E-state index < -0.39 is 11.7 Å². The SMILES string of the molecule is CCn1ccnc1[C@@H]1CCCN(Cc2ccc(C(F)(F)F)cc2)C1. The van der Waals surface area contributed by atoms with Gasteiger partial charge in [-0.05, 0) is 44.0 Å². The van der Waals surface area contributed by atoms with Crippen LogP contribution in [0.3, 0.4) is 0 Å². The molecule has 0 amide bonds. The number of imidazole rings is 1. The fourth-order valence-corrected chi connectivity index (χ4v) is 3.42. The van der Waals surface area contributed by atoms with E-state index in [1.165, 1.54) is 12.1 Å². The Balaban J connectivity index is 1.65. The normalized spacial score (nSPS) is 19.6. The number of alkyl halides is 3. The molecule has 1 aromatic heterocycles. The van der Waals surface area contributed by atoms with Crippen LogP contribution < -0.4 is 0 Å². The first-order valence-electron chi connectivity index (χ1n) is 8.37. The Kier molecular flexibility index (Phi) is 4.94. The summed E-state index contributed by atoms with van der Waals surface area (Å²) >= 11 is 0. The minimum Gasteiger partial charge on any atom is -0.335 e. The first-order valence-corrected chi connectivity index (χ1v) is 8.37. The van der Waals surface area contributed by atoms with Crippen LogP contribution in [0, 0.1) is 0 Å². The summed E-state index contributed by atoms with van der Waals surface area (Å²) in [6.45, 7) is 5.57. The van der Waals surface area contributed by atoms with Crippen molar-refractivity contribution in [3.05, 3.63) is 53.6 Å². The molecule has 2 aromatic rings. The molecule has 1 aliphatic rings. The van der Waals surface area contributed by atoms with Crippen LogP contribution in [0.2, 0.25) is 0 Å². The molecule has 0 spiro atoms. The first kappa shape index (κ1) is 17.0. The van der Waals surface area contributed by atoms with Crippen LogP contribution in [0.5, 0.6) is 0 Å². The van der Waals surface area contributed by atoms with Crippen molar-refractivity contribution in [1.29, 1.82) is 0 Å². The molecule has 0 N–H and O–H groups in total. The molecule has 3 nitrogen and oxygen atoms in total. The number of piperidine rings is 1. The maximum atomic E-state index is 12.6. The van der Waals surface area contributed by atoms with E-state index in [1.54, 1.807) is 12.1 Å². The molecule has 0 saturated carbocycles. The standard InChI is InChI=1S/C18H22F3N3/c1-2-24-11-9-22-17(24)15-4-3-10-23(13-15)12-14-5-7-16(8-6-14)18(19,20)21/h5-9,11,15H,2-4,10,12-13H2,1H3/t15-/m1/s1. The highest BCUT2D eigenvalue weighted by molar-refractivity contribution is 5.24. The van der Waals surface area contributed by atoms with Crippen molar-refractivity contribution in [2.24, 2.45) is 0 Å². The summed E-state index contributed by atoms with van der Waals surface area (Å²) in [6, 6.07) is 5.50. The smallest absolute Gasteiger partial charge is 0.335 e. The second kappa shape index (κ2) is 6.97. The summed E-state index contributed by atoms with van der Waals surface area (Å²) in [7, 11) is 0. The number of aryl methyl sites for hydroxylation is 1. The lowest BCUT2D eigenvalue weighted by Crippen LogP contribution is -2.34. The fraction of sp³-hybridized carbons (Fsp3) is 0.500. The van der Waals surface area contributed by atoms with Gasteiger partial charge >= 0.3 is 6.18 Å². The highest BCUT2D eigenvalue weighted by atomic mass is 19.4. The van der Waals surface area contributed by atoms with E-state index in [2.05, 4.69) is 21.4 Å². The van der Waals surface area contributed by atoms with E-state index in [0.29, 0.717) is 12.5 Å². The van der Waals surface area contributed by atoms with Gasteiger partial charge < -0.3 is 4.57 Å². The average Bonchev–Trinajstić information content (AvgIpc) is 3.03. The lowest BCUT2D eigenvalue weighted by atomic mass is 9.96. The predicted octanol–water partition coefficient (Wildman–Crippen LogP) is 4.30. The number of aromatic nitrogens is 2. The molecule has 2 heterocycles. The highest BCUT2D eigenvalue weighted by Gasteiger charge is 2.30. The second-order valence-electron chi connectivity index (χ2n) is 6.34. The van der Waals surface area contributed by atoms with Gasteiger partial charge in [0.1, 0.15) is 5.82 Å². The molecule has 0 radical (unpaired) electrons. The van der Waals surface area contributed by atoms with Gasteiger partial charge in [0.2, 0.25) is 0 Å². The molecule has 0 unspecified atom stereocenters. The number of rotatable bonds is 4. The zero-order valence-corrected chi connectivity index (χ0v) is 13.8. The third-order valence-corrected chi connectivity index (χ3v) is 4.65. The minimum atomic E-state index is -4.27. The van der Waals surface area contributed by atoms with Crippen molar-refractivity contribution >= 4 is 0 Å². The van der Waals surface area contributed by atoms with Gasteiger partial charge in [-0.25, -0.2) is 4.98 Å².